The van der Waals surface area contributed by atoms with Gasteiger partial charge in [-0.1, -0.05) is 6.42 Å². The Morgan fingerprint density at radius 1 is 0.865 bits per heavy atom. The molecule has 37 heavy (non-hydrogen) atoms. The average molecular weight is 525 g/mol. The predicted molar refractivity (Wildman–Crippen MR) is 145 cm³/mol. The van der Waals surface area contributed by atoms with Gasteiger partial charge in [0.2, 0.25) is 0 Å². The number of likely N-dealkylation sites (tertiary alicyclic amines) is 2. The Bertz CT molecular complexity index is 1380. The summed E-state index contributed by atoms with van der Waals surface area (Å²) >= 11 is 0. The van der Waals surface area contributed by atoms with Gasteiger partial charge in [-0.05, 0) is 107 Å². The van der Waals surface area contributed by atoms with E-state index in [0.29, 0.717) is 17.4 Å². The molecule has 6 rings (SSSR count). The fourth-order valence-electron chi connectivity index (χ4n) is 6.59. The minimum atomic E-state index is -3.26. The molecule has 2 aromatic carbocycles. The third kappa shape index (κ3) is 4.84. The van der Waals surface area contributed by atoms with Gasteiger partial charge < -0.3 is 14.4 Å². The Labute approximate surface area is 219 Å². The molecule has 0 unspecified atom stereocenters. The normalized spacial score (nSPS) is 21.5. The zero-order valence-electron chi connectivity index (χ0n) is 21.9. The van der Waals surface area contributed by atoms with E-state index in [1.807, 2.05) is 17.7 Å². The summed E-state index contributed by atoms with van der Waals surface area (Å²) in [7, 11) is -1.32. The molecule has 0 atom stereocenters. The molecule has 0 radical (unpaired) electrons. The second kappa shape index (κ2) is 9.79. The SMILES string of the molecule is Cn1c(-c2ccc(S(C)(=O)=O)cc2)nc2cc(F)c(C3CCN(C4CCN(C5CCC5)CC4)CC3)cc21. The highest BCUT2D eigenvalue weighted by molar-refractivity contribution is 7.90. The molecule has 198 valence electrons. The highest BCUT2D eigenvalue weighted by Gasteiger charge is 2.33. The van der Waals surface area contributed by atoms with Crippen molar-refractivity contribution in [2.45, 2.75) is 67.8 Å². The van der Waals surface area contributed by atoms with E-state index in [-0.39, 0.29) is 16.6 Å². The van der Waals surface area contributed by atoms with Crippen LogP contribution >= 0.6 is 0 Å². The van der Waals surface area contributed by atoms with Crippen LogP contribution in [-0.4, -0.2) is 72.3 Å². The molecular weight excluding hydrogens is 487 g/mol. The molecule has 0 amide bonds. The molecule has 1 aliphatic carbocycles. The van der Waals surface area contributed by atoms with Crippen LogP contribution in [0.15, 0.2) is 41.3 Å². The van der Waals surface area contributed by atoms with Crippen LogP contribution in [0, 0.1) is 5.82 Å². The van der Waals surface area contributed by atoms with Crippen molar-refractivity contribution >= 4 is 20.9 Å². The zero-order valence-corrected chi connectivity index (χ0v) is 22.7. The highest BCUT2D eigenvalue weighted by atomic mass is 32.2. The summed E-state index contributed by atoms with van der Waals surface area (Å²) in [5.41, 5.74) is 3.14. The van der Waals surface area contributed by atoms with E-state index in [4.69, 9.17) is 0 Å². The summed E-state index contributed by atoms with van der Waals surface area (Å²) in [6.07, 6.45) is 9.89. The molecular formula is C29H37FN4O2S. The topological polar surface area (TPSA) is 58.4 Å². The van der Waals surface area contributed by atoms with E-state index in [1.165, 1.54) is 51.4 Å². The Balaban J connectivity index is 1.15. The molecule has 3 heterocycles. The highest BCUT2D eigenvalue weighted by Crippen LogP contribution is 2.36. The number of halogens is 1. The number of rotatable bonds is 5. The molecule has 3 fully saturated rings. The lowest BCUT2D eigenvalue weighted by Crippen LogP contribution is -2.51. The van der Waals surface area contributed by atoms with Crippen LogP contribution in [0.1, 0.15) is 56.4 Å². The summed E-state index contributed by atoms with van der Waals surface area (Å²) in [6, 6.07) is 11.8. The average Bonchev–Trinajstić information content (AvgIpc) is 3.18. The van der Waals surface area contributed by atoms with Crippen molar-refractivity contribution in [1.29, 1.82) is 0 Å². The number of fused-ring (bicyclic) bond motifs is 1. The van der Waals surface area contributed by atoms with Crippen molar-refractivity contribution in [1.82, 2.24) is 19.4 Å². The first-order chi connectivity index (χ1) is 17.8. The maximum atomic E-state index is 15.3. The summed E-state index contributed by atoms with van der Waals surface area (Å²) < 4.78 is 40.9. The van der Waals surface area contributed by atoms with E-state index in [2.05, 4.69) is 14.8 Å². The van der Waals surface area contributed by atoms with Crippen molar-refractivity contribution < 1.29 is 12.8 Å². The number of benzene rings is 2. The number of aryl methyl sites for hydroxylation is 1. The number of nitrogens with zero attached hydrogens (tertiary/aromatic N) is 4. The Morgan fingerprint density at radius 2 is 1.46 bits per heavy atom. The minimum Gasteiger partial charge on any atom is -0.327 e. The molecule has 2 aliphatic heterocycles. The van der Waals surface area contributed by atoms with Crippen LogP contribution in [0.4, 0.5) is 4.39 Å². The Morgan fingerprint density at radius 3 is 2.03 bits per heavy atom. The molecule has 6 nitrogen and oxygen atoms in total. The Kier molecular flexibility index (Phi) is 6.62. The van der Waals surface area contributed by atoms with Crippen molar-refractivity contribution in [3.05, 3.63) is 47.8 Å². The molecule has 8 heteroatoms. The lowest BCUT2D eigenvalue weighted by molar-refractivity contribution is 0.0467. The van der Waals surface area contributed by atoms with Crippen molar-refractivity contribution in [2.75, 3.05) is 32.4 Å². The van der Waals surface area contributed by atoms with Gasteiger partial charge in [-0.3, -0.25) is 0 Å². The maximum absolute atomic E-state index is 15.3. The van der Waals surface area contributed by atoms with Crippen LogP contribution in [0.25, 0.3) is 22.4 Å². The fourth-order valence-corrected chi connectivity index (χ4v) is 7.23. The number of hydrogen-bond acceptors (Lipinski definition) is 5. The van der Waals surface area contributed by atoms with Gasteiger partial charge in [-0.25, -0.2) is 17.8 Å². The third-order valence-electron chi connectivity index (χ3n) is 9.12. The van der Waals surface area contributed by atoms with Gasteiger partial charge >= 0.3 is 0 Å². The van der Waals surface area contributed by atoms with Crippen molar-refractivity contribution in [3.8, 4) is 11.4 Å². The molecule has 1 saturated carbocycles. The van der Waals surface area contributed by atoms with E-state index in [1.54, 1.807) is 30.3 Å². The summed E-state index contributed by atoms with van der Waals surface area (Å²) in [6.45, 7) is 4.56. The first kappa shape index (κ1) is 25.0. The van der Waals surface area contributed by atoms with Gasteiger partial charge in [0.05, 0.1) is 15.9 Å². The molecule has 0 bridgehead atoms. The predicted octanol–water partition coefficient (Wildman–Crippen LogP) is 4.98. The van der Waals surface area contributed by atoms with Gasteiger partial charge in [0.1, 0.15) is 11.6 Å². The third-order valence-corrected chi connectivity index (χ3v) is 10.2. The minimum absolute atomic E-state index is 0.170. The molecule has 0 spiro atoms. The smallest absolute Gasteiger partial charge is 0.175 e. The molecule has 1 aromatic heterocycles. The number of sulfone groups is 1. The lowest BCUT2D eigenvalue weighted by Gasteiger charge is -2.45. The summed E-state index contributed by atoms with van der Waals surface area (Å²) in [5, 5.41) is 0. The van der Waals surface area contributed by atoms with Crippen LogP contribution in [0.3, 0.4) is 0 Å². The van der Waals surface area contributed by atoms with E-state index >= 15 is 4.39 Å². The van der Waals surface area contributed by atoms with Gasteiger partial charge in [0, 0.05) is 37.0 Å². The standard InChI is InChI=1S/C29H37FN4O2S/c1-32-28-18-25(20-10-14-33(15-11-20)23-12-16-34(17-13-23)22-4-3-5-22)26(30)19-27(28)31-29(32)21-6-8-24(9-7-21)37(2,35)36/h6-9,18-20,22-23H,3-5,10-17H2,1-2H3. The largest absolute Gasteiger partial charge is 0.327 e. The van der Waals surface area contributed by atoms with Gasteiger partial charge in [0.15, 0.2) is 9.84 Å². The number of aromatic nitrogens is 2. The molecule has 2 saturated heterocycles. The monoisotopic (exact) mass is 524 g/mol. The molecule has 3 aliphatic rings. The van der Waals surface area contributed by atoms with E-state index in [9.17, 15) is 8.42 Å². The van der Waals surface area contributed by atoms with Crippen LogP contribution in [-0.2, 0) is 16.9 Å². The maximum Gasteiger partial charge on any atom is 0.175 e. The number of imidazole rings is 1. The van der Waals surface area contributed by atoms with Crippen molar-refractivity contribution in [3.63, 3.8) is 0 Å². The number of piperidine rings is 2. The van der Waals surface area contributed by atoms with Crippen LogP contribution in [0.5, 0.6) is 0 Å². The number of hydrogen-bond donors (Lipinski definition) is 0. The van der Waals surface area contributed by atoms with Crippen LogP contribution in [0.2, 0.25) is 0 Å². The van der Waals surface area contributed by atoms with Crippen LogP contribution < -0.4 is 0 Å². The quantitative estimate of drug-likeness (QED) is 0.471. The van der Waals surface area contributed by atoms with Gasteiger partial charge in [-0.2, -0.15) is 0 Å². The lowest BCUT2D eigenvalue weighted by atomic mass is 9.86. The second-order valence-electron chi connectivity index (χ2n) is 11.3. The fraction of sp³-hybridized carbons (Fsp3) is 0.552. The Hall–Kier alpha value is -2.29. The summed E-state index contributed by atoms with van der Waals surface area (Å²) in [4.78, 5) is 10.3. The van der Waals surface area contributed by atoms with E-state index < -0.39 is 9.84 Å². The molecule has 3 aromatic rings. The second-order valence-corrected chi connectivity index (χ2v) is 13.3. The zero-order chi connectivity index (χ0) is 25.7. The summed E-state index contributed by atoms with van der Waals surface area (Å²) in [5.74, 6) is 0.759. The molecule has 0 N–H and O–H groups in total. The first-order valence-electron chi connectivity index (χ1n) is 13.7. The first-order valence-corrected chi connectivity index (χ1v) is 15.6. The van der Waals surface area contributed by atoms with Gasteiger partial charge in [0.25, 0.3) is 0 Å². The van der Waals surface area contributed by atoms with E-state index in [0.717, 1.165) is 48.6 Å². The van der Waals surface area contributed by atoms with Crippen molar-refractivity contribution in [2.24, 2.45) is 7.05 Å². The van der Waals surface area contributed by atoms with Gasteiger partial charge in [-0.15, -0.1) is 0 Å².